The highest BCUT2D eigenvalue weighted by Crippen LogP contribution is 2.37. The van der Waals surface area contributed by atoms with Crippen LogP contribution in [0, 0.1) is 0 Å². The van der Waals surface area contributed by atoms with Crippen LogP contribution in [0.25, 0.3) is 21.7 Å². The van der Waals surface area contributed by atoms with Gasteiger partial charge in [0.25, 0.3) is 5.91 Å². The van der Waals surface area contributed by atoms with Crippen LogP contribution in [0.1, 0.15) is 10.4 Å². The number of hydrogen-bond donors (Lipinski definition) is 1. The zero-order valence-electron chi connectivity index (χ0n) is 19.0. The molecule has 7 heteroatoms. The first-order chi connectivity index (χ1) is 17.0. The van der Waals surface area contributed by atoms with Crippen molar-refractivity contribution < 1.29 is 19.0 Å². The van der Waals surface area contributed by atoms with E-state index in [4.69, 9.17) is 25.8 Å². The maximum atomic E-state index is 12.8. The molecule has 4 aromatic carbocycles. The summed E-state index contributed by atoms with van der Waals surface area (Å²) in [6, 6.07) is 23.7. The van der Waals surface area contributed by atoms with Crippen molar-refractivity contribution in [1.82, 2.24) is 4.98 Å². The fraction of sp³-hybridized carbons (Fsp3) is 0.0714. The van der Waals surface area contributed by atoms with Crippen LogP contribution >= 0.6 is 11.6 Å². The Hall–Kier alpha value is -4.29. The summed E-state index contributed by atoms with van der Waals surface area (Å²) in [5.74, 6) is 2.25. The van der Waals surface area contributed by atoms with E-state index in [1.165, 1.54) is 0 Å². The van der Waals surface area contributed by atoms with Gasteiger partial charge >= 0.3 is 0 Å². The number of halogens is 1. The van der Waals surface area contributed by atoms with Crippen molar-refractivity contribution >= 4 is 44.9 Å². The molecule has 5 rings (SSSR count). The topological polar surface area (TPSA) is 69.7 Å². The standard InChI is InChI=1S/C28H21ClN2O4/c1-33-26-15-23-24(16-27(26)34-2)30-12-11-25(23)35-22-10-5-17-3-4-18(13-19(17)14-22)28(32)31-21-8-6-20(29)7-9-21/h3-16H,1-2H3,(H,31,32). The summed E-state index contributed by atoms with van der Waals surface area (Å²) in [5.41, 5.74) is 1.94. The predicted molar refractivity (Wildman–Crippen MR) is 138 cm³/mol. The SMILES string of the molecule is COc1cc2nccc(Oc3ccc4ccc(C(=O)Nc5ccc(Cl)cc5)cc4c3)c2cc1OC. The van der Waals surface area contributed by atoms with E-state index in [0.29, 0.717) is 39.3 Å². The lowest BCUT2D eigenvalue weighted by Gasteiger charge is -2.13. The summed E-state index contributed by atoms with van der Waals surface area (Å²) >= 11 is 5.92. The first-order valence-corrected chi connectivity index (χ1v) is 11.2. The Morgan fingerprint density at radius 3 is 2.31 bits per heavy atom. The van der Waals surface area contributed by atoms with Gasteiger partial charge in [-0.25, -0.2) is 0 Å². The van der Waals surface area contributed by atoms with Crippen molar-refractivity contribution in [2.75, 3.05) is 19.5 Å². The highest BCUT2D eigenvalue weighted by atomic mass is 35.5. The molecule has 0 aliphatic heterocycles. The van der Waals surface area contributed by atoms with E-state index in [1.807, 2.05) is 42.5 Å². The Kier molecular flexibility index (Phi) is 6.12. The Morgan fingerprint density at radius 2 is 1.54 bits per heavy atom. The number of nitrogens with zero attached hydrogens (tertiary/aromatic N) is 1. The predicted octanol–water partition coefficient (Wildman–Crippen LogP) is 7.10. The molecular formula is C28H21ClN2O4. The van der Waals surface area contributed by atoms with Gasteiger partial charge in [-0.1, -0.05) is 23.7 Å². The van der Waals surface area contributed by atoms with E-state index in [1.54, 1.807) is 56.8 Å². The van der Waals surface area contributed by atoms with Gasteiger partial charge in [0.15, 0.2) is 11.5 Å². The van der Waals surface area contributed by atoms with Gasteiger partial charge in [-0.05, 0) is 71.4 Å². The molecule has 5 aromatic rings. The molecule has 0 atom stereocenters. The minimum Gasteiger partial charge on any atom is -0.493 e. The molecule has 1 heterocycles. The maximum Gasteiger partial charge on any atom is 0.255 e. The van der Waals surface area contributed by atoms with Gasteiger partial charge in [0.05, 0.1) is 19.7 Å². The molecule has 0 aliphatic carbocycles. The van der Waals surface area contributed by atoms with Crippen LogP contribution in [0.5, 0.6) is 23.0 Å². The van der Waals surface area contributed by atoms with Gasteiger partial charge in [-0.2, -0.15) is 0 Å². The molecule has 6 nitrogen and oxygen atoms in total. The number of methoxy groups -OCH3 is 2. The number of fused-ring (bicyclic) bond motifs is 2. The largest absolute Gasteiger partial charge is 0.493 e. The Balaban J connectivity index is 1.45. The van der Waals surface area contributed by atoms with Gasteiger partial charge in [-0.15, -0.1) is 0 Å². The molecule has 0 saturated carbocycles. The Bertz CT molecular complexity index is 1550. The normalized spacial score (nSPS) is 10.8. The monoisotopic (exact) mass is 484 g/mol. The second-order valence-corrected chi connectivity index (χ2v) is 8.26. The molecule has 0 aliphatic rings. The van der Waals surface area contributed by atoms with E-state index in [2.05, 4.69) is 10.3 Å². The zero-order chi connectivity index (χ0) is 24.4. The first-order valence-electron chi connectivity index (χ1n) is 10.8. The van der Waals surface area contributed by atoms with Crippen LogP contribution in [0.2, 0.25) is 5.02 Å². The summed E-state index contributed by atoms with van der Waals surface area (Å²) in [6.45, 7) is 0. The lowest BCUT2D eigenvalue weighted by molar-refractivity contribution is 0.102. The Morgan fingerprint density at radius 1 is 0.800 bits per heavy atom. The van der Waals surface area contributed by atoms with E-state index in [-0.39, 0.29) is 5.91 Å². The van der Waals surface area contributed by atoms with Crippen molar-refractivity contribution in [2.24, 2.45) is 0 Å². The van der Waals surface area contributed by atoms with Gasteiger partial charge < -0.3 is 19.5 Å². The second kappa shape index (κ2) is 9.52. The van der Waals surface area contributed by atoms with Crippen molar-refractivity contribution in [2.45, 2.75) is 0 Å². The fourth-order valence-corrected chi connectivity index (χ4v) is 3.96. The number of rotatable bonds is 6. The summed E-state index contributed by atoms with van der Waals surface area (Å²) in [4.78, 5) is 17.2. The van der Waals surface area contributed by atoms with Crippen molar-refractivity contribution in [3.8, 4) is 23.0 Å². The van der Waals surface area contributed by atoms with Gasteiger partial charge in [0.2, 0.25) is 0 Å². The summed E-state index contributed by atoms with van der Waals surface area (Å²) in [6.07, 6.45) is 1.68. The number of anilines is 1. The third kappa shape index (κ3) is 4.69. The fourth-order valence-electron chi connectivity index (χ4n) is 3.83. The van der Waals surface area contributed by atoms with E-state index >= 15 is 0 Å². The maximum absolute atomic E-state index is 12.8. The summed E-state index contributed by atoms with van der Waals surface area (Å²) in [5, 5.41) is 6.16. The van der Waals surface area contributed by atoms with Gasteiger partial charge in [0, 0.05) is 33.9 Å². The molecule has 1 N–H and O–H groups in total. The minimum absolute atomic E-state index is 0.207. The molecule has 0 unspecified atom stereocenters. The van der Waals surface area contributed by atoms with Gasteiger partial charge in [-0.3, -0.25) is 9.78 Å². The highest BCUT2D eigenvalue weighted by molar-refractivity contribution is 6.30. The van der Waals surface area contributed by atoms with Crippen LogP contribution in [0.15, 0.2) is 85.1 Å². The lowest BCUT2D eigenvalue weighted by Crippen LogP contribution is -2.11. The molecule has 0 bridgehead atoms. The molecule has 174 valence electrons. The number of amides is 1. The van der Waals surface area contributed by atoms with Crippen LogP contribution in [-0.2, 0) is 0 Å². The molecule has 0 spiro atoms. The number of benzene rings is 4. The average Bonchev–Trinajstić information content (AvgIpc) is 2.89. The third-order valence-corrected chi connectivity index (χ3v) is 5.86. The van der Waals surface area contributed by atoms with Crippen LogP contribution in [0.3, 0.4) is 0 Å². The number of nitrogens with one attached hydrogen (secondary N) is 1. The van der Waals surface area contributed by atoms with E-state index in [0.717, 1.165) is 21.7 Å². The number of hydrogen-bond acceptors (Lipinski definition) is 5. The number of ether oxygens (including phenoxy) is 3. The van der Waals surface area contributed by atoms with Gasteiger partial charge in [0.1, 0.15) is 11.5 Å². The smallest absolute Gasteiger partial charge is 0.255 e. The molecule has 0 fully saturated rings. The quantitative estimate of drug-likeness (QED) is 0.278. The molecule has 1 aromatic heterocycles. The third-order valence-electron chi connectivity index (χ3n) is 5.61. The van der Waals surface area contributed by atoms with Crippen molar-refractivity contribution in [1.29, 1.82) is 0 Å². The van der Waals surface area contributed by atoms with Crippen LogP contribution in [-0.4, -0.2) is 25.1 Å². The summed E-state index contributed by atoms with van der Waals surface area (Å²) in [7, 11) is 3.17. The number of carbonyl (C=O) groups is 1. The molecule has 1 amide bonds. The van der Waals surface area contributed by atoms with Crippen LogP contribution in [0.4, 0.5) is 5.69 Å². The van der Waals surface area contributed by atoms with Crippen molar-refractivity contribution in [3.05, 3.63) is 95.6 Å². The molecule has 0 saturated heterocycles. The molecule has 0 radical (unpaired) electrons. The second-order valence-electron chi connectivity index (χ2n) is 7.82. The first kappa shape index (κ1) is 22.5. The number of carbonyl (C=O) groups excluding carboxylic acids is 1. The number of aromatic nitrogens is 1. The molecule has 35 heavy (non-hydrogen) atoms. The lowest BCUT2D eigenvalue weighted by atomic mass is 10.1. The minimum atomic E-state index is -0.207. The van der Waals surface area contributed by atoms with Crippen molar-refractivity contribution in [3.63, 3.8) is 0 Å². The average molecular weight is 485 g/mol. The number of pyridine rings is 1. The zero-order valence-corrected chi connectivity index (χ0v) is 19.8. The summed E-state index contributed by atoms with van der Waals surface area (Å²) < 4.78 is 17.0. The van der Waals surface area contributed by atoms with E-state index < -0.39 is 0 Å². The molecular weight excluding hydrogens is 464 g/mol. The Labute approximate surface area is 207 Å². The highest BCUT2D eigenvalue weighted by Gasteiger charge is 2.12. The van der Waals surface area contributed by atoms with Crippen LogP contribution < -0.4 is 19.5 Å². The van der Waals surface area contributed by atoms with E-state index in [9.17, 15) is 4.79 Å².